The summed E-state index contributed by atoms with van der Waals surface area (Å²) >= 11 is 0. The first kappa shape index (κ1) is 11.5. The van der Waals surface area contributed by atoms with Crippen LogP contribution in [-0.4, -0.2) is 18.9 Å². The molecule has 1 aromatic carbocycles. The summed E-state index contributed by atoms with van der Waals surface area (Å²) < 4.78 is 0. The molecule has 1 aliphatic carbocycles. The second kappa shape index (κ2) is 4.36. The van der Waals surface area contributed by atoms with E-state index in [1.165, 1.54) is 42.6 Å². The fraction of sp³-hybridized carbons (Fsp3) is 0.588. The van der Waals surface area contributed by atoms with Crippen molar-refractivity contribution in [3.8, 4) is 0 Å². The minimum atomic E-state index is 0.315. The minimum absolute atomic E-state index is 0.315. The molecule has 1 fully saturated rings. The second-order valence-electron chi connectivity index (χ2n) is 6.31. The topological polar surface area (TPSA) is 20.3 Å². The Morgan fingerprint density at radius 3 is 2.79 bits per heavy atom. The number of benzene rings is 1. The van der Waals surface area contributed by atoms with E-state index in [0.29, 0.717) is 17.6 Å². The fourth-order valence-corrected chi connectivity index (χ4v) is 4.43. The van der Waals surface area contributed by atoms with E-state index in [1.54, 1.807) is 0 Å². The SMILES string of the molecule is O=C1CCCC1C1CCN2CCCc3cccc1c32. The molecule has 0 bridgehead atoms. The quantitative estimate of drug-likeness (QED) is 0.767. The standard InChI is InChI=1S/C17H21NO/c19-16-8-2-6-14(16)13-9-11-18-10-3-5-12-4-1-7-15(13)17(12)18/h1,4,7,13-14H,2-3,5-6,8-11H2. The van der Waals surface area contributed by atoms with Gasteiger partial charge in [0.05, 0.1) is 0 Å². The smallest absolute Gasteiger partial charge is 0.136 e. The molecule has 19 heavy (non-hydrogen) atoms. The van der Waals surface area contributed by atoms with Crippen LogP contribution in [0.5, 0.6) is 0 Å². The van der Waals surface area contributed by atoms with E-state index in [-0.39, 0.29) is 0 Å². The van der Waals surface area contributed by atoms with E-state index >= 15 is 0 Å². The summed E-state index contributed by atoms with van der Waals surface area (Å²) in [5.41, 5.74) is 4.48. The Morgan fingerprint density at radius 2 is 1.95 bits per heavy atom. The van der Waals surface area contributed by atoms with Crippen LogP contribution in [-0.2, 0) is 11.2 Å². The molecule has 0 spiro atoms. The van der Waals surface area contributed by atoms with Crippen LogP contribution in [0.25, 0.3) is 0 Å². The van der Waals surface area contributed by atoms with Gasteiger partial charge < -0.3 is 4.90 Å². The van der Waals surface area contributed by atoms with E-state index in [2.05, 4.69) is 23.1 Å². The van der Waals surface area contributed by atoms with Gasteiger partial charge in [-0.1, -0.05) is 18.2 Å². The Bertz CT molecular complexity index is 522. The zero-order chi connectivity index (χ0) is 12.8. The van der Waals surface area contributed by atoms with Crippen molar-refractivity contribution in [1.82, 2.24) is 0 Å². The number of para-hydroxylation sites is 1. The molecule has 0 saturated heterocycles. The van der Waals surface area contributed by atoms with Crippen LogP contribution in [0.15, 0.2) is 18.2 Å². The molecule has 0 aromatic heterocycles. The highest BCUT2D eigenvalue weighted by molar-refractivity contribution is 5.84. The average Bonchev–Trinajstić information content (AvgIpc) is 2.86. The first-order valence-corrected chi connectivity index (χ1v) is 7.74. The molecule has 2 unspecified atom stereocenters. The summed E-state index contributed by atoms with van der Waals surface area (Å²) in [4.78, 5) is 14.7. The van der Waals surface area contributed by atoms with Crippen molar-refractivity contribution in [1.29, 1.82) is 0 Å². The number of carbonyl (C=O) groups excluding carboxylic acids is 1. The number of aryl methyl sites for hydroxylation is 1. The van der Waals surface area contributed by atoms with Crippen LogP contribution in [0.2, 0.25) is 0 Å². The molecule has 2 nitrogen and oxygen atoms in total. The van der Waals surface area contributed by atoms with Crippen LogP contribution < -0.4 is 4.90 Å². The van der Waals surface area contributed by atoms with E-state index in [1.807, 2.05) is 0 Å². The van der Waals surface area contributed by atoms with Gasteiger partial charge in [-0.25, -0.2) is 0 Å². The third-order valence-electron chi connectivity index (χ3n) is 5.29. The molecule has 0 amide bonds. The molecule has 100 valence electrons. The summed E-state index contributed by atoms with van der Waals surface area (Å²) in [5.74, 6) is 1.33. The number of hydrogen-bond donors (Lipinski definition) is 0. The number of carbonyl (C=O) groups is 1. The lowest BCUT2D eigenvalue weighted by molar-refractivity contribution is -0.121. The predicted molar refractivity (Wildman–Crippen MR) is 76.7 cm³/mol. The molecular weight excluding hydrogens is 234 g/mol. The summed E-state index contributed by atoms with van der Waals surface area (Å²) in [6.07, 6.45) is 6.72. The van der Waals surface area contributed by atoms with Gasteiger partial charge in [-0.2, -0.15) is 0 Å². The highest BCUT2D eigenvalue weighted by Gasteiger charge is 2.38. The minimum Gasteiger partial charge on any atom is -0.371 e. The number of hydrogen-bond acceptors (Lipinski definition) is 2. The van der Waals surface area contributed by atoms with Crippen LogP contribution >= 0.6 is 0 Å². The molecule has 2 heteroatoms. The van der Waals surface area contributed by atoms with Crippen LogP contribution in [0.3, 0.4) is 0 Å². The Morgan fingerprint density at radius 1 is 1.00 bits per heavy atom. The maximum atomic E-state index is 12.1. The summed E-state index contributed by atoms with van der Waals surface area (Å²) in [5, 5.41) is 0. The zero-order valence-corrected chi connectivity index (χ0v) is 11.4. The molecule has 4 rings (SSSR count). The van der Waals surface area contributed by atoms with Crippen LogP contribution in [0.4, 0.5) is 5.69 Å². The Hall–Kier alpha value is -1.31. The number of rotatable bonds is 1. The van der Waals surface area contributed by atoms with E-state index < -0.39 is 0 Å². The summed E-state index contributed by atoms with van der Waals surface area (Å²) in [7, 11) is 0. The molecule has 0 radical (unpaired) electrons. The second-order valence-corrected chi connectivity index (χ2v) is 6.31. The van der Waals surface area contributed by atoms with E-state index in [0.717, 1.165) is 25.8 Å². The van der Waals surface area contributed by atoms with Crippen molar-refractivity contribution in [2.75, 3.05) is 18.0 Å². The van der Waals surface area contributed by atoms with Gasteiger partial charge in [0.1, 0.15) is 5.78 Å². The molecular formula is C17H21NO. The van der Waals surface area contributed by atoms with Crippen molar-refractivity contribution in [3.63, 3.8) is 0 Å². The van der Waals surface area contributed by atoms with Crippen molar-refractivity contribution in [2.45, 2.75) is 44.4 Å². The lowest BCUT2D eigenvalue weighted by Crippen LogP contribution is -2.37. The first-order valence-electron chi connectivity index (χ1n) is 7.74. The van der Waals surface area contributed by atoms with Crippen molar-refractivity contribution in [2.24, 2.45) is 5.92 Å². The molecule has 3 aliphatic rings. The van der Waals surface area contributed by atoms with Gasteiger partial charge in [0.25, 0.3) is 0 Å². The number of nitrogens with zero attached hydrogens (tertiary/aromatic N) is 1. The highest BCUT2D eigenvalue weighted by Crippen LogP contribution is 2.46. The number of ketones is 1. The average molecular weight is 255 g/mol. The van der Waals surface area contributed by atoms with E-state index in [9.17, 15) is 4.79 Å². The molecule has 1 aromatic rings. The van der Waals surface area contributed by atoms with E-state index in [4.69, 9.17) is 0 Å². The Kier molecular flexibility index (Phi) is 2.64. The van der Waals surface area contributed by atoms with Gasteiger partial charge in [0.2, 0.25) is 0 Å². The van der Waals surface area contributed by atoms with Crippen LogP contribution in [0.1, 0.15) is 49.1 Å². The third kappa shape index (κ3) is 1.73. The monoisotopic (exact) mass is 255 g/mol. The Labute approximate surface area is 114 Å². The van der Waals surface area contributed by atoms with Gasteiger partial charge in [-0.3, -0.25) is 4.79 Å². The van der Waals surface area contributed by atoms with Crippen molar-refractivity contribution in [3.05, 3.63) is 29.3 Å². The molecule has 2 aliphatic heterocycles. The van der Waals surface area contributed by atoms with Crippen LogP contribution in [0, 0.1) is 5.92 Å². The Balaban J connectivity index is 1.78. The predicted octanol–water partition coefficient (Wildman–Crippen LogP) is 3.30. The molecule has 1 saturated carbocycles. The maximum Gasteiger partial charge on any atom is 0.136 e. The number of Topliss-reactive ketones (excluding diaryl/α,β-unsaturated/α-hetero) is 1. The van der Waals surface area contributed by atoms with Crippen molar-refractivity contribution < 1.29 is 4.79 Å². The number of anilines is 1. The highest BCUT2D eigenvalue weighted by atomic mass is 16.1. The van der Waals surface area contributed by atoms with Gasteiger partial charge in [0, 0.05) is 31.1 Å². The zero-order valence-electron chi connectivity index (χ0n) is 11.4. The summed E-state index contributed by atoms with van der Waals surface area (Å²) in [6, 6.07) is 6.77. The third-order valence-corrected chi connectivity index (χ3v) is 5.29. The normalized spacial score (nSPS) is 29.5. The molecule has 0 N–H and O–H groups in total. The van der Waals surface area contributed by atoms with Gasteiger partial charge in [0.15, 0.2) is 0 Å². The molecule has 2 atom stereocenters. The fourth-order valence-electron chi connectivity index (χ4n) is 4.43. The van der Waals surface area contributed by atoms with Gasteiger partial charge in [-0.05, 0) is 49.1 Å². The largest absolute Gasteiger partial charge is 0.371 e. The summed E-state index contributed by atoms with van der Waals surface area (Å²) in [6.45, 7) is 2.35. The van der Waals surface area contributed by atoms with Crippen molar-refractivity contribution >= 4 is 11.5 Å². The molecule has 2 heterocycles. The van der Waals surface area contributed by atoms with Gasteiger partial charge >= 0.3 is 0 Å². The maximum absolute atomic E-state index is 12.1. The van der Waals surface area contributed by atoms with Gasteiger partial charge in [-0.15, -0.1) is 0 Å². The lowest BCUT2D eigenvalue weighted by Gasteiger charge is -2.41. The lowest BCUT2D eigenvalue weighted by atomic mass is 9.77. The first-order chi connectivity index (χ1) is 9.34.